The van der Waals surface area contributed by atoms with E-state index < -0.39 is 0 Å². The summed E-state index contributed by atoms with van der Waals surface area (Å²) in [7, 11) is 0. The third-order valence-electron chi connectivity index (χ3n) is 2.98. The van der Waals surface area contributed by atoms with Crippen LogP contribution in [0.25, 0.3) is 0 Å². The molecule has 0 aromatic heterocycles. The Morgan fingerprint density at radius 1 is 0.944 bits per heavy atom. The molecule has 0 saturated heterocycles. The van der Waals surface area contributed by atoms with Crippen LogP contribution in [-0.2, 0) is 13.1 Å². The zero-order chi connectivity index (χ0) is 13.0. The summed E-state index contributed by atoms with van der Waals surface area (Å²) in [4.78, 5) is 0. The van der Waals surface area contributed by atoms with E-state index in [0.717, 1.165) is 23.7 Å². The van der Waals surface area contributed by atoms with Crippen LogP contribution >= 0.6 is 11.6 Å². The van der Waals surface area contributed by atoms with Crippen molar-refractivity contribution in [1.29, 1.82) is 0 Å². The van der Waals surface area contributed by atoms with Gasteiger partial charge in [0.25, 0.3) is 0 Å². The van der Waals surface area contributed by atoms with E-state index in [1.54, 1.807) is 0 Å². The summed E-state index contributed by atoms with van der Waals surface area (Å²) in [6.45, 7) is 5.86. The molecule has 0 aliphatic carbocycles. The molecule has 0 atom stereocenters. The highest BCUT2D eigenvalue weighted by atomic mass is 35.5. The van der Waals surface area contributed by atoms with Gasteiger partial charge in [0.2, 0.25) is 0 Å². The number of rotatable bonds is 4. The van der Waals surface area contributed by atoms with Crippen LogP contribution in [0.3, 0.4) is 0 Å². The van der Waals surface area contributed by atoms with E-state index in [4.69, 9.17) is 11.6 Å². The zero-order valence-corrected chi connectivity index (χ0v) is 11.6. The molecule has 0 fully saturated rings. The van der Waals surface area contributed by atoms with Crippen molar-refractivity contribution in [2.24, 2.45) is 0 Å². The standard InChI is InChI=1S/C16H18ClN/c1-12-4-3-5-14(8-12)10-18-11-15-7-6-13(2)16(17)9-15/h3-9,18H,10-11H2,1-2H3. The molecule has 2 aromatic rings. The van der Waals surface area contributed by atoms with Crippen LogP contribution in [0.5, 0.6) is 0 Å². The molecular formula is C16H18ClN. The SMILES string of the molecule is Cc1cccc(CNCc2ccc(C)c(Cl)c2)c1. The van der Waals surface area contributed by atoms with Crippen molar-refractivity contribution in [3.8, 4) is 0 Å². The minimum atomic E-state index is 0.838. The highest BCUT2D eigenvalue weighted by Gasteiger charge is 1.98. The fourth-order valence-corrected chi connectivity index (χ4v) is 2.12. The van der Waals surface area contributed by atoms with Crippen molar-refractivity contribution < 1.29 is 0 Å². The van der Waals surface area contributed by atoms with Gasteiger partial charge < -0.3 is 5.32 Å². The minimum Gasteiger partial charge on any atom is -0.309 e. The Labute approximate surface area is 114 Å². The maximum atomic E-state index is 6.10. The normalized spacial score (nSPS) is 10.6. The predicted octanol–water partition coefficient (Wildman–Crippen LogP) is 4.25. The molecule has 1 nitrogen and oxygen atoms in total. The molecule has 0 aliphatic heterocycles. The summed E-state index contributed by atoms with van der Waals surface area (Å²) in [6.07, 6.45) is 0. The second-order valence-corrected chi connectivity index (χ2v) is 5.08. The molecule has 0 radical (unpaired) electrons. The van der Waals surface area contributed by atoms with Crippen molar-refractivity contribution in [2.75, 3.05) is 0 Å². The summed E-state index contributed by atoms with van der Waals surface area (Å²) in [5.41, 5.74) is 4.96. The van der Waals surface area contributed by atoms with E-state index in [9.17, 15) is 0 Å². The van der Waals surface area contributed by atoms with Crippen molar-refractivity contribution in [3.05, 3.63) is 69.7 Å². The third kappa shape index (κ3) is 3.59. The van der Waals surface area contributed by atoms with Gasteiger partial charge in [0.15, 0.2) is 0 Å². The maximum absolute atomic E-state index is 6.10. The lowest BCUT2D eigenvalue weighted by molar-refractivity contribution is 0.693. The molecule has 0 heterocycles. The molecule has 0 spiro atoms. The van der Waals surface area contributed by atoms with E-state index in [1.165, 1.54) is 16.7 Å². The summed E-state index contributed by atoms with van der Waals surface area (Å²) in [5, 5.41) is 4.27. The lowest BCUT2D eigenvalue weighted by Gasteiger charge is -2.07. The highest BCUT2D eigenvalue weighted by Crippen LogP contribution is 2.16. The van der Waals surface area contributed by atoms with Gasteiger partial charge >= 0.3 is 0 Å². The summed E-state index contributed by atoms with van der Waals surface area (Å²) in [6, 6.07) is 14.8. The molecule has 2 heteroatoms. The second kappa shape index (κ2) is 6.03. The van der Waals surface area contributed by atoms with Crippen molar-refractivity contribution in [1.82, 2.24) is 5.32 Å². The first kappa shape index (κ1) is 13.1. The summed E-state index contributed by atoms with van der Waals surface area (Å²) < 4.78 is 0. The first-order valence-electron chi connectivity index (χ1n) is 6.16. The van der Waals surface area contributed by atoms with E-state index in [-0.39, 0.29) is 0 Å². The van der Waals surface area contributed by atoms with Gasteiger partial charge in [-0.1, -0.05) is 53.6 Å². The Hall–Kier alpha value is -1.31. The number of hydrogen-bond donors (Lipinski definition) is 1. The molecule has 2 rings (SSSR count). The van der Waals surface area contributed by atoms with E-state index >= 15 is 0 Å². The third-order valence-corrected chi connectivity index (χ3v) is 3.38. The van der Waals surface area contributed by atoms with E-state index in [0.29, 0.717) is 0 Å². The average molecular weight is 260 g/mol. The van der Waals surface area contributed by atoms with Gasteiger partial charge in [-0.3, -0.25) is 0 Å². The highest BCUT2D eigenvalue weighted by molar-refractivity contribution is 6.31. The number of nitrogens with one attached hydrogen (secondary N) is 1. The van der Waals surface area contributed by atoms with Crippen molar-refractivity contribution in [2.45, 2.75) is 26.9 Å². The fourth-order valence-electron chi connectivity index (χ4n) is 1.92. The monoisotopic (exact) mass is 259 g/mol. The quantitative estimate of drug-likeness (QED) is 0.866. The minimum absolute atomic E-state index is 0.838. The molecule has 94 valence electrons. The predicted molar refractivity (Wildman–Crippen MR) is 77.9 cm³/mol. The Morgan fingerprint density at radius 2 is 1.67 bits per heavy atom. The van der Waals surface area contributed by atoms with Gasteiger partial charge in [0, 0.05) is 18.1 Å². The number of halogens is 1. The van der Waals surface area contributed by atoms with Gasteiger partial charge in [0.1, 0.15) is 0 Å². The molecule has 2 aromatic carbocycles. The lowest BCUT2D eigenvalue weighted by Crippen LogP contribution is -2.12. The lowest BCUT2D eigenvalue weighted by atomic mass is 10.1. The molecule has 0 bridgehead atoms. The Morgan fingerprint density at radius 3 is 2.33 bits per heavy atom. The second-order valence-electron chi connectivity index (χ2n) is 4.68. The summed E-state index contributed by atoms with van der Waals surface area (Å²) >= 11 is 6.10. The van der Waals surface area contributed by atoms with Gasteiger partial charge in [-0.05, 0) is 36.6 Å². The van der Waals surface area contributed by atoms with Crippen LogP contribution < -0.4 is 5.32 Å². The van der Waals surface area contributed by atoms with Crippen molar-refractivity contribution in [3.63, 3.8) is 0 Å². The van der Waals surface area contributed by atoms with Gasteiger partial charge in [-0.15, -0.1) is 0 Å². The van der Waals surface area contributed by atoms with Crippen molar-refractivity contribution >= 4 is 11.6 Å². The smallest absolute Gasteiger partial charge is 0.0438 e. The Bertz CT molecular complexity index is 534. The van der Waals surface area contributed by atoms with Gasteiger partial charge in [-0.25, -0.2) is 0 Å². The maximum Gasteiger partial charge on any atom is 0.0438 e. The van der Waals surface area contributed by atoms with Gasteiger partial charge in [0.05, 0.1) is 0 Å². The molecule has 1 N–H and O–H groups in total. The van der Waals surface area contributed by atoms with Crippen LogP contribution in [0, 0.1) is 13.8 Å². The van der Waals surface area contributed by atoms with Crippen LogP contribution in [0.1, 0.15) is 22.3 Å². The van der Waals surface area contributed by atoms with E-state index in [1.807, 2.05) is 13.0 Å². The molecule has 0 amide bonds. The van der Waals surface area contributed by atoms with Crippen LogP contribution in [0.2, 0.25) is 5.02 Å². The van der Waals surface area contributed by atoms with Crippen LogP contribution in [-0.4, -0.2) is 0 Å². The number of aryl methyl sites for hydroxylation is 2. The number of benzene rings is 2. The molecule has 0 unspecified atom stereocenters. The molecule has 0 saturated carbocycles. The zero-order valence-electron chi connectivity index (χ0n) is 10.8. The largest absolute Gasteiger partial charge is 0.309 e. The Balaban J connectivity index is 1.90. The Kier molecular flexibility index (Phi) is 4.40. The number of hydrogen-bond acceptors (Lipinski definition) is 1. The van der Waals surface area contributed by atoms with Gasteiger partial charge in [-0.2, -0.15) is 0 Å². The first-order chi connectivity index (χ1) is 8.65. The first-order valence-corrected chi connectivity index (χ1v) is 6.54. The van der Waals surface area contributed by atoms with E-state index in [2.05, 4.69) is 48.6 Å². The van der Waals surface area contributed by atoms with Crippen LogP contribution in [0.15, 0.2) is 42.5 Å². The fraction of sp³-hybridized carbons (Fsp3) is 0.250. The van der Waals surface area contributed by atoms with Crippen LogP contribution in [0.4, 0.5) is 0 Å². The molecule has 0 aliphatic rings. The molecular weight excluding hydrogens is 242 g/mol. The topological polar surface area (TPSA) is 12.0 Å². The molecule has 18 heavy (non-hydrogen) atoms. The summed E-state index contributed by atoms with van der Waals surface area (Å²) in [5.74, 6) is 0. The average Bonchev–Trinajstić information content (AvgIpc) is 2.34.